The summed E-state index contributed by atoms with van der Waals surface area (Å²) in [5.74, 6) is -0.374. The second kappa shape index (κ2) is 7.63. The molecule has 0 amide bonds. The third-order valence-corrected chi connectivity index (χ3v) is 2.66. The highest BCUT2D eigenvalue weighted by molar-refractivity contribution is 5.95. The number of imidazole rings is 1. The Kier molecular flexibility index (Phi) is 6.11. The predicted octanol–water partition coefficient (Wildman–Crippen LogP) is 2.21. The van der Waals surface area contributed by atoms with Crippen LogP contribution in [0.1, 0.15) is 50.0 Å². The number of aryl methyl sites for hydroxylation is 1. The van der Waals surface area contributed by atoms with Gasteiger partial charge < -0.3 is 9.30 Å². The molecule has 0 saturated carbocycles. The molecule has 0 N–H and O–H groups in total. The number of ether oxygens (including phenoxy) is 1. The number of unbranched alkanes of at least 4 members (excludes halogenated alkanes) is 1. The topological polar surface area (TPSA) is 61.2 Å². The van der Waals surface area contributed by atoms with Gasteiger partial charge >= 0.3 is 5.97 Å². The Morgan fingerprint density at radius 2 is 2.11 bits per heavy atom. The largest absolute Gasteiger partial charge is 0.466 e. The van der Waals surface area contributed by atoms with Crippen molar-refractivity contribution in [3.8, 4) is 0 Å². The van der Waals surface area contributed by atoms with Gasteiger partial charge in [0.05, 0.1) is 25.6 Å². The molecule has 0 atom stereocenters. The van der Waals surface area contributed by atoms with Crippen LogP contribution in [0.15, 0.2) is 12.5 Å². The van der Waals surface area contributed by atoms with Crippen molar-refractivity contribution in [3.05, 3.63) is 18.2 Å². The van der Waals surface area contributed by atoms with Crippen molar-refractivity contribution >= 4 is 11.8 Å². The number of aromatic nitrogens is 2. The van der Waals surface area contributed by atoms with Crippen LogP contribution in [-0.4, -0.2) is 27.9 Å². The molecule has 0 aromatic carbocycles. The van der Waals surface area contributed by atoms with E-state index in [9.17, 15) is 9.59 Å². The van der Waals surface area contributed by atoms with E-state index in [1.165, 1.54) is 6.20 Å². The molecule has 1 aromatic heterocycles. The number of carbonyl (C=O) groups excluding carboxylic acids is 2. The fraction of sp³-hybridized carbons (Fsp3) is 0.615. The lowest BCUT2D eigenvalue weighted by Crippen LogP contribution is -2.11. The highest BCUT2D eigenvalue weighted by atomic mass is 16.5. The maximum atomic E-state index is 11.9. The number of carbonyl (C=O) groups is 2. The van der Waals surface area contributed by atoms with E-state index in [4.69, 9.17) is 4.74 Å². The molecule has 0 aliphatic rings. The van der Waals surface area contributed by atoms with Gasteiger partial charge in [0, 0.05) is 13.0 Å². The SMILES string of the molecule is CCCCOC(=O)CCC(=O)c1cncn1CC. The Morgan fingerprint density at radius 1 is 1.33 bits per heavy atom. The van der Waals surface area contributed by atoms with Crippen LogP contribution in [0.2, 0.25) is 0 Å². The van der Waals surface area contributed by atoms with Gasteiger partial charge in [-0.05, 0) is 13.3 Å². The summed E-state index contributed by atoms with van der Waals surface area (Å²) in [5, 5.41) is 0. The second-order valence-corrected chi connectivity index (χ2v) is 4.06. The number of hydrogen-bond donors (Lipinski definition) is 0. The van der Waals surface area contributed by atoms with Crippen LogP contribution in [0.5, 0.6) is 0 Å². The highest BCUT2D eigenvalue weighted by Gasteiger charge is 2.13. The van der Waals surface area contributed by atoms with E-state index in [0.29, 0.717) is 18.8 Å². The Labute approximate surface area is 107 Å². The number of ketones is 1. The van der Waals surface area contributed by atoms with Crippen LogP contribution in [0.3, 0.4) is 0 Å². The molecule has 0 spiro atoms. The number of esters is 1. The molecule has 5 heteroatoms. The van der Waals surface area contributed by atoms with E-state index < -0.39 is 0 Å². The number of Topliss-reactive ketones (excluding diaryl/α,β-unsaturated/α-hetero) is 1. The minimum Gasteiger partial charge on any atom is -0.466 e. The Bertz CT molecular complexity index is 399. The Hall–Kier alpha value is -1.65. The van der Waals surface area contributed by atoms with Crippen LogP contribution >= 0.6 is 0 Å². The molecule has 0 aliphatic heterocycles. The summed E-state index contributed by atoms with van der Waals surface area (Å²) in [6.45, 7) is 5.11. The van der Waals surface area contributed by atoms with Crippen LogP contribution < -0.4 is 0 Å². The van der Waals surface area contributed by atoms with Crippen LogP contribution in [0, 0.1) is 0 Å². The van der Waals surface area contributed by atoms with Gasteiger partial charge in [-0.2, -0.15) is 0 Å². The summed E-state index contributed by atoms with van der Waals surface area (Å²) in [7, 11) is 0. The molecule has 0 unspecified atom stereocenters. The normalized spacial score (nSPS) is 10.3. The van der Waals surface area contributed by atoms with Crippen LogP contribution in [0.4, 0.5) is 0 Å². The van der Waals surface area contributed by atoms with Gasteiger partial charge in [-0.3, -0.25) is 9.59 Å². The number of nitrogens with zero attached hydrogens (tertiary/aromatic N) is 2. The lowest BCUT2D eigenvalue weighted by atomic mass is 10.2. The van der Waals surface area contributed by atoms with Crippen molar-refractivity contribution in [1.82, 2.24) is 9.55 Å². The molecule has 0 saturated heterocycles. The molecule has 0 bridgehead atoms. The van der Waals surface area contributed by atoms with E-state index in [1.807, 2.05) is 13.8 Å². The van der Waals surface area contributed by atoms with Crippen LogP contribution in [0.25, 0.3) is 0 Å². The average Bonchev–Trinajstić information content (AvgIpc) is 2.84. The maximum Gasteiger partial charge on any atom is 0.306 e. The molecule has 1 rings (SSSR count). The minimum atomic E-state index is -0.306. The van der Waals surface area contributed by atoms with Crippen molar-refractivity contribution in [2.24, 2.45) is 0 Å². The zero-order valence-corrected chi connectivity index (χ0v) is 11.0. The lowest BCUT2D eigenvalue weighted by molar-refractivity contribution is -0.143. The number of rotatable bonds is 8. The third kappa shape index (κ3) is 4.31. The predicted molar refractivity (Wildman–Crippen MR) is 67.3 cm³/mol. The summed E-state index contributed by atoms with van der Waals surface area (Å²) < 4.78 is 6.76. The standard InChI is InChI=1S/C13H20N2O3/c1-3-5-8-18-13(17)7-6-12(16)11-9-14-10-15(11)4-2/h9-10H,3-8H2,1-2H3. The first-order chi connectivity index (χ1) is 8.69. The molecule has 0 fully saturated rings. The van der Waals surface area contributed by atoms with Crippen molar-refractivity contribution in [3.63, 3.8) is 0 Å². The van der Waals surface area contributed by atoms with Crippen molar-refractivity contribution in [1.29, 1.82) is 0 Å². The molecule has 100 valence electrons. The summed E-state index contributed by atoms with van der Waals surface area (Å²) >= 11 is 0. The first kappa shape index (κ1) is 14.4. The van der Waals surface area contributed by atoms with Gasteiger partial charge in [-0.1, -0.05) is 13.3 Å². The van der Waals surface area contributed by atoms with E-state index in [0.717, 1.165) is 12.8 Å². The second-order valence-electron chi connectivity index (χ2n) is 4.06. The molecule has 1 heterocycles. The molecule has 0 radical (unpaired) electrons. The van der Waals surface area contributed by atoms with Crippen molar-refractivity contribution in [2.75, 3.05) is 6.61 Å². The zero-order chi connectivity index (χ0) is 13.4. The van der Waals surface area contributed by atoms with Gasteiger partial charge in [0.1, 0.15) is 5.69 Å². The fourth-order valence-corrected chi connectivity index (χ4v) is 1.55. The summed E-state index contributed by atoms with van der Waals surface area (Å²) in [5.41, 5.74) is 0.554. The van der Waals surface area contributed by atoms with E-state index in [1.54, 1.807) is 10.9 Å². The number of hydrogen-bond acceptors (Lipinski definition) is 4. The van der Waals surface area contributed by atoms with Gasteiger partial charge in [-0.15, -0.1) is 0 Å². The van der Waals surface area contributed by atoms with E-state index in [-0.39, 0.29) is 24.6 Å². The van der Waals surface area contributed by atoms with E-state index >= 15 is 0 Å². The molecule has 5 nitrogen and oxygen atoms in total. The quantitative estimate of drug-likeness (QED) is 0.404. The zero-order valence-electron chi connectivity index (χ0n) is 11.0. The fourth-order valence-electron chi connectivity index (χ4n) is 1.55. The van der Waals surface area contributed by atoms with Crippen molar-refractivity contribution in [2.45, 2.75) is 46.1 Å². The molecule has 0 aliphatic carbocycles. The average molecular weight is 252 g/mol. The van der Waals surface area contributed by atoms with Gasteiger partial charge in [0.15, 0.2) is 5.78 Å². The lowest BCUT2D eigenvalue weighted by Gasteiger charge is -2.05. The smallest absolute Gasteiger partial charge is 0.306 e. The summed E-state index contributed by atoms with van der Waals surface area (Å²) in [6.07, 6.45) is 5.32. The minimum absolute atomic E-state index is 0.0678. The first-order valence-electron chi connectivity index (χ1n) is 6.38. The monoisotopic (exact) mass is 252 g/mol. The molecular weight excluding hydrogens is 232 g/mol. The summed E-state index contributed by atoms with van der Waals surface area (Å²) in [6, 6.07) is 0. The first-order valence-corrected chi connectivity index (χ1v) is 6.38. The maximum absolute atomic E-state index is 11.9. The molecular formula is C13H20N2O3. The van der Waals surface area contributed by atoms with E-state index in [2.05, 4.69) is 4.98 Å². The third-order valence-electron chi connectivity index (χ3n) is 2.66. The summed E-state index contributed by atoms with van der Waals surface area (Å²) in [4.78, 5) is 27.1. The van der Waals surface area contributed by atoms with Crippen LogP contribution in [-0.2, 0) is 16.1 Å². The van der Waals surface area contributed by atoms with Gasteiger partial charge in [0.25, 0.3) is 0 Å². The Morgan fingerprint density at radius 3 is 2.78 bits per heavy atom. The Balaban J connectivity index is 2.35. The van der Waals surface area contributed by atoms with Gasteiger partial charge in [-0.25, -0.2) is 4.98 Å². The molecule has 1 aromatic rings. The highest BCUT2D eigenvalue weighted by Crippen LogP contribution is 2.06. The van der Waals surface area contributed by atoms with Crippen molar-refractivity contribution < 1.29 is 14.3 Å². The molecule has 18 heavy (non-hydrogen) atoms. The van der Waals surface area contributed by atoms with Gasteiger partial charge in [0.2, 0.25) is 0 Å².